The Morgan fingerprint density at radius 1 is 0.933 bits per heavy atom. The van der Waals surface area contributed by atoms with E-state index in [1.54, 1.807) is 0 Å². The maximum Gasteiger partial charge on any atom is 0.205 e. The third-order valence-electron chi connectivity index (χ3n) is 5.10. The number of rotatable bonds is 6. The zero-order chi connectivity index (χ0) is 22.4. The van der Waals surface area contributed by atoms with Gasteiger partial charge in [-0.05, 0) is 6.92 Å². The average Bonchev–Trinajstić information content (AvgIpc) is 2.69. The quantitative estimate of drug-likeness (QED) is 0.282. The van der Waals surface area contributed by atoms with Crippen molar-refractivity contribution in [2.24, 2.45) is 0 Å². The highest BCUT2D eigenvalue weighted by atomic mass is 32.2. The molecule has 0 radical (unpaired) electrons. The number of carbonyl (C=O) groups is 2. The standard InChI is InChI=1S/C19H22O9S2/c1-19(28)6-7-8(15(26)18(19)27)12(23)10-9(11(7)22)13(24)16(29-4-2-20)17(14(10)25)30-5-3-21/h15,18,20-23,26-28H,2-6H2,1H3/t15-,18+,19-/m0/s1. The highest BCUT2D eigenvalue weighted by molar-refractivity contribution is 8.08. The SMILES string of the molecule is C[C@]1(O)Cc2c(O)c3c(c(O)c2[C@H](O)[C@H]1O)C(=O)C(SCCO)=C(SCCO)C3=O. The van der Waals surface area contributed by atoms with Crippen molar-refractivity contribution in [1.82, 2.24) is 0 Å². The van der Waals surface area contributed by atoms with Crippen LogP contribution in [0.2, 0.25) is 0 Å². The fourth-order valence-corrected chi connectivity index (χ4v) is 5.54. The molecule has 2 aliphatic rings. The Hall–Kier alpha value is -1.60. The molecule has 1 aromatic carbocycles. The zero-order valence-electron chi connectivity index (χ0n) is 16.0. The lowest BCUT2D eigenvalue weighted by Crippen LogP contribution is -2.48. The molecule has 0 unspecified atom stereocenters. The minimum absolute atomic E-state index is 0.0298. The number of Topliss-reactive ketones (excluding diaryl/α,β-unsaturated/α-hetero) is 2. The monoisotopic (exact) mass is 458 g/mol. The number of aromatic hydroxyl groups is 2. The third-order valence-corrected chi connectivity index (χ3v) is 7.36. The first-order valence-electron chi connectivity index (χ1n) is 9.08. The van der Waals surface area contributed by atoms with Gasteiger partial charge >= 0.3 is 0 Å². The van der Waals surface area contributed by atoms with Gasteiger partial charge in [0.05, 0.1) is 39.8 Å². The Morgan fingerprint density at radius 2 is 1.40 bits per heavy atom. The number of allylic oxidation sites excluding steroid dienone is 2. The Morgan fingerprint density at radius 3 is 1.87 bits per heavy atom. The van der Waals surface area contributed by atoms with Crippen LogP contribution in [-0.4, -0.2) is 83.7 Å². The van der Waals surface area contributed by atoms with Gasteiger partial charge in [-0.2, -0.15) is 0 Å². The number of phenols is 2. The Balaban J connectivity index is 2.27. The zero-order valence-corrected chi connectivity index (χ0v) is 17.6. The van der Waals surface area contributed by atoms with Crippen LogP contribution in [0.3, 0.4) is 0 Å². The van der Waals surface area contributed by atoms with E-state index in [1.165, 1.54) is 6.92 Å². The first-order chi connectivity index (χ1) is 14.1. The number of aliphatic hydroxyl groups excluding tert-OH is 4. The summed E-state index contributed by atoms with van der Waals surface area (Å²) < 4.78 is 0. The molecule has 0 saturated heterocycles. The van der Waals surface area contributed by atoms with Crippen molar-refractivity contribution in [3.63, 3.8) is 0 Å². The first kappa shape index (κ1) is 23.1. The predicted molar refractivity (Wildman–Crippen MR) is 110 cm³/mol. The van der Waals surface area contributed by atoms with Gasteiger partial charge in [-0.15, -0.1) is 23.5 Å². The van der Waals surface area contributed by atoms with Crippen molar-refractivity contribution in [2.45, 2.75) is 31.2 Å². The summed E-state index contributed by atoms with van der Waals surface area (Å²) in [6, 6.07) is 0. The second-order valence-electron chi connectivity index (χ2n) is 7.22. The van der Waals surface area contributed by atoms with Crippen molar-refractivity contribution in [3.8, 4) is 11.5 Å². The molecule has 2 aliphatic carbocycles. The lowest BCUT2D eigenvalue weighted by molar-refractivity contribution is -0.126. The summed E-state index contributed by atoms with van der Waals surface area (Å²) in [4.78, 5) is 26.3. The highest BCUT2D eigenvalue weighted by Crippen LogP contribution is 2.51. The van der Waals surface area contributed by atoms with Gasteiger partial charge in [0.2, 0.25) is 11.6 Å². The topological polar surface area (TPSA) is 176 Å². The minimum Gasteiger partial charge on any atom is -0.507 e. The van der Waals surface area contributed by atoms with Crippen molar-refractivity contribution in [3.05, 3.63) is 32.1 Å². The van der Waals surface area contributed by atoms with Crippen LogP contribution in [0.5, 0.6) is 11.5 Å². The molecule has 0 fully saturated rings. The Labute approximate surface area is 180 Å². The summed E-state index contributed by atoms with van der Waals surface area (Å²) in [6.07, 6.45) is -3.87. The Kier molecular flexibility index (Phi) is 6.54. The van der Waals surface area contributed by atoms with Gasteiger partial charge in [-0.25, -0.2) is 0 Å². The molecule has 0 amide bonds. The predicted octanol–water partition coefficient (Wildman–Crippen LogP) is -0.159. The lowest BCUT2D eigenvalue weighted by atomic mass is 9.74. The molecule has 1 aromatic rings. The van der Waals surface area contributed by atoms with Gasteiger partial charge in [0.15, 0.2) is 0 Å². The van der Waals surface area contributed by atoms with Crippen LogP contribution in [0.15, 0.2) is 9.81 Å². The first-order valence-corrected chi connectivity index (χ1v) is 11.1. The van der Waals surface area contributed by atoms with Gasteiger partial charge < -0.3 is 35.7 Å². The van der Waals surface area contributed by atoms with E-state index in [2.05, 4.69) is 0 Å². The molecular weight excluding hydrogens is 436 g/mol. The van der Waals surface area contributed by atoms with Gasteiger partial charge in [-0.1, -0.05) is 0 Å². The number of fused-ring (bicyclic) bond motifs is 2. The molecule has 0 heterocycles. The fourth-order valence-electron chi connectivity index (χ4n) is 3.68. The van der Waals surface area contributed by atoms with E-state index >= 15 is 0 Å². The molecule has 3 rings (SSSR count). The van der Waals surface area contributed by atoms with Crippen LogP contribution in [-0.2, 0) is 6.42 Å². The van der Waals surface area contributed by atoms with Crippen LogP contribution >= 0.6 is 23.5 Å². The molecule has 9 nitrogen and oxygen atoms in total. The fraction of sp³-hybridized carbons (Fsp3) is 0.474. The maximum absolute atomic E-state index is 13.2. The van der Waals surface area contributed by atoms with E-state index in [0.29, 0.717) is 0 Å². The maximum atomic E-state index is 13.2. The molecule has 0 spiro atoms. The summed E-state index contributed by atoms with van der Waals surface area (Å²) >= 11 is 1.81. The van der Waals surface area contributed by atoms with Crippen LogP contribution in [0.25, 0.3) is 0 Å². The summed E-state index contributed by atoms with van der Waals surface area (Å²) in [6.45, 7) is 0.690. The molecule has 0 aromatic heterocycles. The molecular formula is C19H22O9S2. The number of phenolic OH excluding ortho intramolecular Hbond substituents is 2. The van der Waals surface area contributed by atoms with Crippen molar-refractivity contribution in [2.75, 3.05) is 24.7 Å². The number of hydrogen-bond acceptors (Lipinski definition) is 11. The molecule has 0 aliphatic heterocycles. The molecule has 30 heavy (non-hydrogen) atoms. The van der Waals surface area contributed by atoms with Crippen molar-refractivity contribution < 1.29 is 45.3 Å². The normalized spacial score (nSPS) is 26.1. The second kappa shape index (κ2) is 8.50. The number of thioether (sulfide) groups is 2. The highest BCUT2D eigenvalue weighted by Gasteiger charge is 2.48. The van der Waals surface area contributed by atoms with E-state index < -0.39 is 52.0 Å². The number of aliphatic hydroxyl groups is 5. The van der Waals surface area contributed by atoms with E-state index in [0.717, 1.165) is 23.5 Å². The number of hydrogen-bond donors (Lipinski definition) is 7. The van der Waals surface area contributed by atoms with Crippen LogP contribution in [0.4, 0.5) is 0 Å². The molecule has 11 heteroatoms. The van der Waals surface area contributed by atoms with Crippen LogP contribution < -0.4 is 0 Å². The second-order valence-corrected chi connectivity index (χ2v) is 9.43. The minimum atomic E-state index is -1.85. The average molecular weight is 459 g/mol. The molecule has 0 bridgehead atoms. The molecule has 3 atom stereocenters. The van der Waals surface area contributed by atoms with Crippen LogP contribution in [0.1, 0.15) is 44.9 Å². The number of benzene rings is 1. The summed E-state index contributed by atoms with van der Waals surface area (Å²) in [5, 5.41) is 70.9. The van der Waals surface area contributed by atoms with Gasteiger partial charge in [0.1, 0.15) is 23.7 Å². The lowest BCUT2D eigenvalue weighted by Gasteiger charge is -2.39. The van der Waals surface area contributed by atoms with E-state index in [1.807, 2.05) is 0 Å². The van der Waals surface area contributed by atoms with Gasteiger partial charge in [0.25, 0.3) is 0 Å². The Bertz CT molecular complexity index is 939. The number of carbonyl (C=O) groups excluding carboxylic acids is 2. The van der Waals surface area contributed by atoms with Crippen LogP contribution in [0, 0.1) is 0 Å². The summed E-state index contributed by atoms with van der Waals surface area (Å²) in [5.41, 5.74) is -3.25. The van der Waals surface area contributed by atoms with Crippen molar-refractivity contribution in [1.29, 1.82) is 0 Å². The van der Waals surface area contributed by atoms with E-state index in [-0.39, 0.29) is 52.1 Å². The molecule has 164 valence electrons. The van der Waals surface area contributed by atoms with E-state index in [9.17, 15) is 35.1 Å². The molecule has 0 saturated carbocycles. The van der Waals surface area contributed by atoms with Gasteiger partial charge in [-0.3, -0.25) is 9.59 Å². The smallest absolute Gasteiger partial charge is 0.205 e. The van der Waals surface area contributed by atoms with E-state index in [4.69, 9.17) is 10.2 Å². The molecule has 7 N–H and O–H groups in total. The summed E-state index contributed by atoms with van der Waals surface area (Å²) in [5.74, 6) is -2.74. The third kappa shape index (κ3) is 3.54. The largest absolute Gasteiger partial charge is 0.507 e. The summed E-state index contributed by atoms with van der Waals surface area (Å²) in [7, 11) is 0. The number of ketones is 2. The van der Waals surface area contributed by atoms with Gasteiger partial charge in [0, 0.05) is 29.1 Å². The van der Waals surface area contributed by atoms with Crippen molar-refractivity contribution >= 4 is 35.1 Å².